The highest BCUT2D eigenvalue weighted by atomic mass is 32.1. The molecule has 1 aromatic rings. The lowest BCUT2D eigenvalue weighted by atomic mass is 9.95. The lowest BCUT2D eigenvalue weighted by Gasteiger charge is -2.25. The predicted molar refractivity (Wildman–Crippen MR) is 95.7 cm³/mol. The van der Waals surface area contributed by atoms with Gasteiger partial charge < -0.3 is 15.4 Å². The summed E-state index contributed by atoms with van der Waals surface area (Å²) in [6.07, 6.45) is 5.28. The first-order valence-electron chi connectivity index (χ1n) is 8.42. The van der Waals surface area contributed by atoms with E-state index >= 15 is 0 Å². The molecule has 124 valence electrons. The second-order valence-electron chi connectivity index (χ2n) is 6.58. The van der Waals surface area contributed by atoms with Crippen LogP contribution in [0.15, 0.2) is 18.2 Å². The van der Waals surface area contributed by atoms with Gasteiger partial charge in [-0.1, -0.05) is 12.5 Å². The van der Waals surface area contributed by atoms with Gasteiger partial charge in [0.2, 0.25) is 0 Å². The molecule has 3 rings (SSSR count). The molecule has 5 heteroatoms. The van der Waals surface area contributed by atoms with Gasteiger partial charge in [0.05, 0.1) is 12.2 Å². The highest BCUT2D eigenvalue weighted by molar-refractivity contribution is 7.80. The Kier molecular flexibility index (Phi) is 4.85. The maximum absolute atomic E-state index is 12.0. The molecule has 2 fully saturated rings. The van der Waals surface area contributed by atoms with Crippen LogP contribution in [-0.4, -0.2) is 23.7 Å². The minimum atomic E-state index is -0.291. The van der Waals surface area contributed by atoms with E-state index in [1.165, 1.54) is 25.7 Å². The number of esters is 1. The molecule has 0 aromatic heterocycles. The lowest BCUT2D eigenvalue weighted by Crippen LogP contribution is -2.40. The van der Waals surface area contributed by atoms with E-state index in [1.807, 2.05) is 26.0 Å². The normalized spacial score (nSPS) is 25.2. The van der Waals surface area contributed by atoms with Gasteiger partial charge in [-0.25, -0.2) is 4.79 Å². The van der Waals surface area contributed by atoms with Gasteiger partial charge in [0, 0.05) is 11.7 Å². The summed E-state index contributed by atoms with van der Waals surface area (Å²) >= 11 is 5.47. The number of hydrogen-bond donors (Lipinski definition) is 2. The van der Waals surface area contributed by atoms with Crippen molar-refractivity contribution in [2.75, 3.05) is 11.9 Å². The molecule has 1 aromatic carbocycles. The molecule has 3 atom stereocenters. The van der Waals surface area contributed by atoms with E-state index in [2.05, 4.69) is 10.6 Å². The first kappa shape index (κ1) is 16.2. The van der Waals surface area contributed by atoms with E-state index in [1.54, 1.807) is 6.07 Å². The van der Waals surface area contributed by atoms with Crippen molar-refractivity contribution < 1.29 is 9.53 Å². The number of carbonyl (C=O) groups excluding carboxylic acids is 1. The second kappa shape index (κ2) is 6.87. The first-order chi connectivity index (χ1) is 11.1. The number of anilines is 1. The number of hydrogen-bond acceptors (Lipinski definition) is 3. The summed E-state index contributed by atoms with van der Waals surface area (Å²) in [5.41, 5.74) is 2.30. The summed E-state index contributed by atoms with van der Waals surface area (Å²) in [5, 5.41) is 7.36. The number of ether oxygens (including phenoxy) is 1. The predicted octanol–water partition coefficient (Wildman–Crippen LogP) is 3.65. The molecule has 4 nitrogen and oxygen atoms in total. The van der Waals surface area contributed by atoms with Crippen LogP contribution in [0.2, 0.25) is 0 Å². The molecule has 0 radical (unpaired) electrons. The Bertz CT molecular complexity index is 617. The first-order valence-corrected chi connectivity index (χ1v) is 8.83. The Balaban J connectivity index is 1.64. The average molecular weight is 332 g/mol. The van der Waals surface area contributed by atoms with Crippen LogP contribution in [0.5, 0.6) is 0 Å². The molecule has 0 amide bonds. The van der Waals surface area contributed by atoms with Crippen molar-refractivity contribution in [3.8, 4) is 0 Å². The maximum Gasteiger partial charge on any atom is 0.338 e. The molecule has 2 N–H and O–H groups in total. The Labute approximate surface area is 143 Å². The molecule has 0 aliphatic heterocycles. The quantitative estimate of drug-likeness (QED) is 0.651. The van der Waals surface area contributed by atoms with Crippen LogP contribution in [0.1, 0.15) is 48.5 Å². The van der Waals surface area contributed by atoms with Gasteiger partial charge in [0.25, 0.3) is 0 Å². The molecule has 2 aliphatic rings. The van der Waals surface area contributed by atoms with Gasteiger partial charge in [0.1, 0.15) is 0 Å². The molecule has 0 unspecified atom stereocenters. The minimum Gasteiger partial charge on any atom is -0.462 e. The molecule has 0 saturated heterocycles. The van der Waals surface area contributed by atoms with Crippen LogP contribution in [0, 0.1) is 18.8 Å². The Hall–Kier alpha value is -1.62. The van der Waals surface area contributed by atoms with Crippen molar-refractivity contribution in [2.45, 2.75) is 45.6 Å². The number of fused-ring (bicyclic) bond motifs is 2. The highest BCUT2D eigenvalue weighted by Crippen LogP contribution is 2.44. The Morgan fingerprint density at radius 2 is 2.17 bits per heavy atom. The highest BCUT2D eigenvalue weighted by Gasteiger charge is 2.39. The van der Waals surface area contributed by atoms with Crippen molar-refractivity contribution >= 4 is 29.0 Å². The third-order valence-electron chi connectivity index (χ3n) is 5.13. The maximum atomic E-state index is 12.0. The number of thiocarbonyl (C=S) groups is 1. The van der Waals surface area contributed by atoms with Crippen LogP contribution < -0.4 is 10.6 Å². The van der Waals surface area contributed by atoms with Gasteiger partial charge >= 0.3 is 5.97 Å². The van der Waals surface area contributed by atoms with Crippen molar-refractivity contribution in [1.29, 1.82) is 0 Å². The van der Waals surface area contributed by atoms with E-state index in [4.69, 9.17) is 17.0 Å². The van der Waals surface area contributed by atoms with E-state index in [-0.39, 0.29) is 5.97 Å². The zero-order valence-electron chi connectivity index (χ0n) is 13.7. The molecule has 0 spiro atoms. The third-order valence-corrected chi connectivity index (χ3v) is 5.35. The fourth-order valence-corrected chi connectivity index (χ4v) is 4.21. The summed E-state index contributed by atoms with van der Waals surface area (Å²) in [4.78, 5) is 12.0. The zero-order chi connectivity index (χ0) is 16.4. The fraction of sp³-hybridized carbons (Fsp3) is 0.556. The second-order valence-corrected chi connectivity index (χ2v) is 6.99. The van der Waals surface area contributed by atoms with Crippen LogP contribution in [0.25, 0.3) is 0 Å². The summed E-state index contributed by atoms with van der Waals surface area (Å²) in [7, 11) is 0. The number of rotatable bonds is 4. The van der Waals surface area contributed by atoms with Crippen molar-refractivity contribution in [3.63, 3.8) is 0 Å². The number of carbonyl (C=O) groups is 1. The van der Waals surface area contributed by atoms with Crippen LogP contribution in [0.4, 0.5) is 5.69 Å². The largest absolute Gasteiger partial charge is 0.462 e. The van der Waals surface area contributed by atoms with Gasteiger partial charge in [-0.3, -0.25) is 0 Å². The summed E-state index contributed by atoms with van der Waals surface area (Å²) in [5.74, 6) is 1.36. The van der Waals surface area contributed by atoms with Gasteiger partial charge in [-0.15, -0.1) is 0 Å². The van der Waals surface area contributed by atoms with E-state index in [9.17, 15) is 4.79 Å². The van der Waals surface area contributed by atoms with E-state index in [0.717, 1.165) is 23.1 Å². The van der Waals surface area contributed by atoms with Crippen molar-refractivity contribution in [3.05, 3.63) is 29.3 Å². The molecular weight excluding hydrogens is 308 g/mol. The zero-order valence-corrected chi connectivity index (χ0v) is 14.5. The van der Waals surface area contributed by atoms with E-state index in [0.29, 0.717) is 23.3 Å². The molecule has 2 saturated carbocycles. The van der Waals surface area contributed by atoms with Crippen molar-refractivity contribution in [1.82, 2.24) is 5.32 Å². The van der Waals surface area contributed by atoms with Crippen LogP contribution >= 0.6 is 12.2 Å². The smallest absolute Gasteiger partial charge is 0.338 e. The summed E-state index contributed by atoms with van der Waals surface area (Å²) in [6.45, 7) is 4.10. The summed E-state index contributed by atoms with van der Waals surface area (Å²) < 4.78 is 5.09. The SMILES string of the molecule is CCOC(=O)c1cccc(NC(=S)N[C@@H]2C[C@H]3CC[C@H]2C3)c1C. The van der Waals surface area contributed by atoms with Crippen molar-refractivity contribution in [2.24, 2.45) is 11.8 Å². The van der Waals surface area contributed by atoms with Gasteiger partial charge in [0.15, 0.2) is 5.11 Å². The third kappa shape index (κ3) is 3.50. The molecule has 0 heterocycles. The van der Waals surface area contributed by atoms with Gasteiger partial charge in [-0.05, 0) is 74.9 Å². The molecule has 23 heavy (non-hydrogen) atoms. The van der Waals surface area contributed by atoms with Crippen LogP contribution in [-0.2, 0) is 4.74 Å². The topological polar surface area (TPSA) is 50.4 Å². The number of nitrogens with one attached hydrogen (secondary N) is 2. The van der Waals surface area contributed by atoms with E-state index < -0.39 is 0 Å². The standard InChI is InChI=1S/C18H24N2O2S/c1-3-22-17(21)14-5-4-6-15(11(14)2)19-18(23)20-16-10-12-7-8-13(16)9-12/h4-6,12-13,16H,3,7-10H2,1-2H3,(H2,19,20,23)/t12-,13-,16+/m0/s1. The molecular formula is C18H24N2O2S. The molecule has 2 aliphatic carbocycles. The Morgan fingerprint density at radius 1 is 1.35 bits per heavy atom. The fourth-order valence-electron chi connectivity index (χ4n) is 3.95. The summed E-state index contributed by atoms with van der Waals surface area (Å²) in [6, 6.07) is 6.07. The average Bonchev–Trinajstić information content (AvgIpc) is 3.12. The lowest BCUT2D eigenvalue weighted by molar-refractivity contribution is 0.0525. The minimum absolute atomic E-state index is 0.291. The number of benzene rings is 1. The molecule has 2 bridgehead atoms. The van der Waals surface area contributed by atoms with Gasteiger partial charge in [-0.2, -0.15) is 0 Å². The monoisotopic (exact) mass is 332 g/mol. The van der Waals surface area contributed by atoms with Crippen LogP contribution in [0.3, 0.4) is 0 Å². The Morgan fingerprint density at radius 3 is 2.83 bits per heavy atom.